The van der Waals surface area contributed by atoms with Crippen LogP contribution in [-0.4, -0.2) is 9.97 Å². The summed E-state index contributed by atoms with van der Waals surface area (Å²) in [6.45, 7) is 3.98. The number of hydrogen-bond donors (Lipinski definition) is 1. The van der Waals surface area contributed by atoms with Crippen LogP contribution in [0.3, 0.4) is 0 Å². The number of aromatic nitrogens is 2. The fraction of sp³-hybridized carbons (Fsp3) is 0.286. The Hall–Kier alpha value is -2.08. The first-order valence-electron chi connectivity index (χ1n) is 5.71. The maximum atomic E-state index is 8.95. The molecular formula is C14H15N3. The van der Waals surface area contributed by atoms with E-state index in [9.17, 15) is 0 Å². The molecule has 0 aliphatic carbocycles. The molecule has 1 heterocycles. The number of rotatable bonds is 3. The van der Waals surface area contributed by atoms with Crippen LogP contribution in [0, 0.1) is 25.2 Å². The molecule has 1 N–H and O–H groups in total. The number of nitriles is 1. The lowest BCUT2D eigenvalue weighted by Gasteiger charge is -2.04. The second-order valence-corrected chi connectivity index (χ2v) is 4.19. The molecule has 0 unspecified atom stereocenters. The smallest absolute Gasteiger partial charge is 0.161 e. The second-order valence-electron chi connectivity index (χ2n) is 4.19. The summed E-state index contributed by atoms with van der Waals surface area (Å²) in [6, 6.07) is 10.5. The number of benzene rings is 1. The van der Waals surface area contributed by atoms with Crippen LogP contribution in [0.1, 0.15) is 28.3 Å². The van der Waals surface area contributed by atoms with Crippen molar-refractivity contribution in [1.82, 2.24) is 9.97 Å². The van der Waals surface area contributed by atoms with Crippen LogP contribution in [0.4, 0.5) is 0 Å². The zero-order valence-corrected chi connectivity index (χ0v) is 10.1. The van der Waals surface area contributed by atoms with Crippen LogP contribution in [0.15, 0.2) is 24.3 Å². The summed E-state index contributed by atoms with van der Waals surface area (Å²) >= 11 is 0. The number of hydrogen-bond acceptors (Lipinski definition) is 2. The molecule has 0 radical (unpaired) electrons. The summed E-state index contributed by atoms with van der Waals surface area (Å²) in [5, 5.41) is 8.95. The molecule has 0 aliphatic rings. The van der Waals surface area contributed by atoms with E-state index in [0.717, 1.165) is 24.4 Å². The molecule has 0 saturated carbocycles. The Balaban J connectivity index is 2.13. The summed E-state index contributed by atoms with van der Waals surface area (Å²) in [6.07, 6.45) is 1.76. The molecule has 3 heteroatoms. The SMILES string of the molecule is Cc1nc(C#N)c(CCc2ccccc2C)[nH]1. The predicted molar refractivity (Wildman–Crippen MR) is 66.6 cm³/mol. The topological polar surface area (TPSA) is 52.5 Å². The second kappa shape index (κ2) is 4.84. The summed E-state index contributed by atoms with van der Waals surface area (Å²) in [4.78, 5) is 7.30. The van der Waals surface area contributed by atoms with E-state index in [1.807, 2.05) is 19.1 Å². The van der Waals surface area contributed by atoms with Gasteiger partial charge in [0.2, 0.25) is 0 Å². The molecule has 1 aromatic carbocycles. The third-order valence-corrected chi connectivity index (χ3v) is 2.91. The van der Waals surface area contributed by atoms with Gasteiger partial charge in [-0.2, -0.15) is 5.26 Å². The van der Waals surface area contributed by atoms with Gasteiger partial charge in [-0.15, -0.1) is 0 Å². The molecule has 0 spiro atoms. The molecule has 0 aliphatic heterocycles. The quantitative estimate of drug-likeness (QED) is 0.873. The van der Waals surface area contributed by atoms with Crippen LogP contribution in [0.25, 0.3) is 0 Å². The van der Waals surface area contributed by atoms with Gasteiger partial charge in [-0.3, -0.25) is 0 Å². The number of imidazole rings is 1. The first-order valence-corrected chi connectivity index (χ1v) is 5.71. The van der Waals surface area contributed by atoms with Gasteiger partial charge in [-0.1, -0.05) is 24.3 Å². The van der Waals surface area contributed by atoms with Crippen molar-refractivity contribution >= 4 is 0 Å². The lowest BCUT2D eigenvalue weighted by atomic mass is 10.0. The highest BCUT2D eigenvalue weighted by Gasteiger charge is 2.07. The lowest BCUT2D eigenvalue weighted by molar-refractivity contribution is 0.908. The predicted octanol–water partition coefficient (Wildman–Crippen LogP) is 2.68. The molecule has 17 heavy (non-hydrogen) atoms. The Labute approximate surface area is 101 Å². The van der Waals surface area contributed by atoms with Gasteiger partial charge in [0.15, 0.2) is 5.69 Å². The van der Waals surface area contributed by atoms with Gasteiger partial charge in [0, 0.05) is 0 Å². The minimum absolute atomic E-state index is 0.524. The maximum absolute atomic E-state index is 8.95. The van der Waals surface area contributed by atoms with Gasteiger partial charge in [0.1, 0.15) is 11.9 Å². The fourth-order valence-electron chi connectivity index (χ4n) is 1.96. The van der Waals surface area contributed by atoms with Gasteiger partial charge >= 0.3 is 0 Å². The average Bonchev–Trinajstić information content (AvgIpc) is 2.69. The third kappa shape index (κ3) is 2.54. The van der Waals surface area contributed by atoms with Crippen LogP contribution in [0.5, 0.6) is 0 Å². The van der Waals surface area contributed by atoms with E-state index >= 15 is 0 Å². The van der Waals surface area contributed by atoms with Crippen molar-refractivity contribution in [3.63, 3.8) is 0 Å². The van der Waals surface area contributed by atoms with Crippen molar-refractivity contribution in [3.05, 3.63) is 52.6 Å². The Bertz CT molecular complexity index is 561. The summed E-state index contributed by atoms with van der Waals surface area (Å²) in [5.74, 6) is 0.807. The molecule has 0 amide bonds. The zero-order valence-electron chi connectivity index (χ0n) is 10.1. The Kier molecular flexibility index (Phi) is 3.24. The molecule has 86 valence electrons. The van der Waals surface area contributed by atoms with E-state index in [1.165, 1.54) is 11.1 Å². The highest BCUT2D eigenvalue weighted by atomic mass is 14.9. The van der Waals surface area contributed by atoms with Crippen molar-refractivity contribution in [2.45, 2.75) is 26.7 Å². The van der Waals surface area contributed by atoms with Gasteiger partial charge < -0.3 is 4.98 Å². The molecule has 0 fully saturated rings. The minimum atomic E-state index is 0.524. The molecule has 1 aromatic heterocycles. The first-order chi connectivity index (χ1) is 8.20. The summed E-state index contributed by atoms with van der Waals surface area (Å²) < 4.78 is 0. The molecule has 2 aromatic rings. The van der Waals surface area contributed by atoms with E-state index < -0.39 is 0 Å². The fourth-order valence-corrected chi connectivity index (χ4v) is 1.96. The highest BCUT2D eigenvalue weighted by Crippen LogP contribution is 2.12. The first kappa shape index (κ1) is 11.4. The Morgan fingerprint density at radius 3 is 2.71 bits per heavy atom. The van der Waals surface area contributed by atoms with E-state index in [1.54, 1.807) is 0 Å². The summed E-state index contributed by atoms with van der Waals surface area (Å²) in [5.41, 5.74) is 4.08. The molecule has 0 saturated heterocycles. The van der Waals surface area contributed by atoms with Crippen molar-refractivity contribution in [1.29, 1.82) is 5.26 Å². The Morgan fingerprint density at radius 1 is 1.24 bits per heavy atom. The van der Waals surface area contributed by atoms with Crippen LogP contribution in [-0.2, 0) is 12.8 Å². The molecule has 3 nitrogen and oxygen atoms in total. The summed E-state index contributed by atoms with van der Waals surface area (Å²) in [7, 11) is 0. The minimum Gasteiger partial charge on any atom is -0.345 e. The number of aryl methyl sites for hydroxylation is 4. The van der Waals surface area contributed by atoms with Gasteiger partial charge in [-0.05, 0) is 37.8 Å². The van der Waals surface area contributed by atoms with Gasteiger partial charge in [0.05, 0.1) is 5.69 Å². The van der Waals surface area contributed by atoms with E-state index in [4.69, 9.17) is 5.26 Å². The number of H-pyrrole nitrogens is 1. The Morgan fingerprint density at radius 2 is 2.00 bits per heavy atom. The van der Waals surface area contributed by atoms with Crippen LogP contribution < -0.4 is 0 Å². The van der Waals surface area contributed by atoms with Gasteiger partial charge in [-0.25, -0.2) is 4.98 Å². The van der Waals surface area contributed by atoms with E-state index in [-0.39, 0.29) is 0 Å². The zero-order chi connectivity index (χ0) is 12.3. The normalized spacial score (nSPS) is 10.2. The molecule has 0 bridgehead atoms. The van der Waals surface area contributed by atoms with Crippen molar-refractivity contribution in [3.8, 4) is 6.07 Å². The van der Waals surface area contributed by atoms with E-state index in [2.05, 4.69) is 35.1 Å². The van der Waals surface area contributed by atoms with Crippen LogP contribution in [0.2, 0.25) is 0 Å². The van der Waals surface area contributed by atoms with Crippen LogP contribution >= 0.6 is 0 Å². The lowest BCUT2D eigenvalue weighted by Crippen LogP contribution is -1.96. The average molecular weight is 225 g/mol. The van der Waals surface area contributed by atoms with Crippen molar-refractivity contribution < 1.29 is 0 Å². The van der Waals surface area contributed by atoms with E-state index in [0.29, 0.717) is 5.69 Å². The molecular weight excluding hydrogens is 210 g/mol. The van der Waals surface area contributed by atoms with Gasteiger partial charge in [0.25, 0.3) is 0 Å². The number of aromatic amines is 1. The third-order valence-electron chi connectivity index (χ3n) is 2.91. The highest BCUT2D eigenvalue weighted by molar-refractivity contribution is 5.30. The number of nitrogens with zero attached hydrogens (tertiary/aromatic N) is 2. The standard InChI is InChI=1S/C14H15N3/c1-10-5-3-4-6-12(10)7-8-13-14(9-15)17-11(2)16-13/h3-6H,7-8H2,1-2H3,(H,16,17). The van der Waals surface area contributed by atoms with Crippen molar-refractivity contribution in [2.24, 2.45) is 0 Å². The largest absolute Gasteiger partial charge is 0.345 e. The molecule has 2 rings (SSSR count). The monoisotopic (exact) mass is 225 g/mol. The number of nitrogens with one attached hydrogen (secondary N) is 1. The molecule has 0 atom stereocenters. The van der Waals surface area contributed by atoms with Crippen molar-refractivity contribution in [2.75, 3.05) is 0 Å². The maximum Gasteiger partial charge on any atom is 0.161 e.